The van der Waals surface area contributed by atoms with Crippen LogP contribution in [0, 0.1) is 5.92 Å². The molecule has 12 nitrogen and oxygen atoms in total. The summed E-state index contributed by atoms with van der Waals surface area (Å²) in [4.78, 5) is 39.1. The number of amides is 3. The van der Waals surface area contributed by atoms with Gasteiger partial charge in [0.05, 0.1) is 19.1 Å². The maximum Gasteiger partial charge on any atom is 0.329 e. The van der Waals surface area contributed by atoms with Crippen LogP contribution in [0.5, 0.6) is 0 Å². The van der Waals surface area contributed by atoms with Crippen LogP contribution in [0.25, 0.3) is 0 Å². The number of carbonyl (C=O) groups is 3. The minimum atomic E-state index is -1.34. The largest absolute Gasteiger partial charge is 0.479 e. The summed E-state index contributed by atoms with van der Waals surface area (Å²) in [5, 5.41) is 26.9. The van der Waals surface area contributed by atoms with Crippen LogP contribution in [-0.4, -0.2) is 62.4 Å². The van der Waals surface area contributed by atoms with Gasteiger partial charge in [0.25, 0.3) is 0 Å². The molecule has 0 saturated heterocycles. The van der Waals surface area contributed by atoms with E-state index in [9.17, 15) is 19.5 Å². The van der Waals surface area contributed by atoms with E-state index in [0.717, 1.165) is 0 Å². The lowest BCUT2D eigenvalue weighted by Crippen LogP contribution is -2.50. The van der Waals surface area contributed by atoms with Gasteiger partial charge in [-0.05, 0) is 18.4 Å². The Morgan fingerprint density at radius 3 is 2.74 bits per heavy atom. The van der Waals surface area contributed by atoms with Crippen molar-refractivity contribution in [3.63, 3.8) is 0 Å². The highest BCUT2D eigenvalue weighted by Crippen LogP contribution is 2.45. The molecule has 0 spiro atoms. The SMILES string of the molecule is CSCC1CC1(NC(=O)N[C@@H](CC(N)=O)c1nc([C@H](N)CO)no1)C(=O)O. The number of urea groups is 1. The highest BCUT2D eigenvalue weighted by molar-refractivity contribution is 7.98. The van der Waals surface area contributed by atoms with Crippen LogP contribution in [-0.2, 0) is 9.59 Å². The monoisotopic (exact) mass is 402 g/mol. The number of aliphatic hydroxyl groups excluding tert-OH is 1. The van der Waals surface area contributed by atoms with Gasteiger partial charge in [0.15, 0.2) is 5.82 Å². The predicted molar refractivity (Wildman–Crippen MR) is 93.4 cm³/mol. The average molecular weight is 402 g/mol. The van der Waals surface area contributed by atoms with E-state index < -0.39 is 42.1 Å². The van der Waals surface area contributed by atoms with E-state index in [0.29, 0.717) is 12.2 Å². The minimum Gasteiger partial charge on any atom is -0.479 e. The third-order valence-corrected chi connectivity index (χ3v) is 4.92. The van der Waals surface area contributed by atoms with Crippen LogP contribution >= 0.6 is 11.8 Å². The molecule has 27 heavy (non-hydrogen) atoms. The Hall–Kier alpha value is -2.38. The van der Waals surface area contributed by atoms with Crippen LogP contribution in [0.4, 0.5) is 4.79 Å². The number of aromatic nitrogens is 2. The van der Waals surface area contributed by atoms with Gasteiger partial charge in [-0.1, -0.05) is 5.16 Å². The first-order valence-electron chi connectivity index (χ1n) is 8.02. The van der Waals surface area contributed by atoms with E-state index in [-0.39, 0.29) is 24.1 Å². The van der Waals surface area contributed by atoms with Gasteiger partial charge in [-0.3, -0.25) is 4.79 Å². The molecule has 1 fully saturated rings. The van der Waals surface area contributed by atoms with Gasteiger partial charge >= 0.3 is 12.0 Å². The number of aliphatic carboxylic acids is 1. The standard InChI is InChI=1S/C14H22N6O6S/c1-27-5-6-3-14(6,12(23)24)19-13(25)17-8(2-9(16)22)11-18-10(20-26-11)7(15)4-21/h6-8,21H,2-5,15H2,1H3,(H2,16,22)(H,23,24)(H2,17,19,25)/t6?,7-,8+,14?/m1/s1. The van der Waals surface area contributed by atoms with Gasteiger partial charge in [0.1, 0.15) is 11.6 Å². The first kappa shape index (κ1) is 20.9. The third-order valence-electron chi connectivity index (χ3n) is 4.19. The van der Waals surface area contributed by atoms with E-state index in [1.165, 1.54) is 11.8 Å². The van der Waals surface area contributed by atoms with Crippen molar-refractivity contribution in [2.45, 2.75) is 30.5 Å². The molecule has 1 aliphatic carbocycles. The number of nitrogens with one attached hydrogen (secondary N) is 2. The highest BCUT2D eigenvalue weighted by Gasteiger charge is 2.61. The molecule has 150 valence electrons. The van der Waals surface area contributed by atoms with E-state index >= 15 is 0 Å². The number of hydrogen-bond donors (Lipinski definition) is 6. The van der Waals surface area contributed by atoms with Crippen molar-refractivity contribution in [1.29, 1.82) is 0 Å². The summed E-state index contributed by atoms with van der Waals surface area (Å²) in [5.74, 6) is -1.62. The Balaban J connectivity index is 2.09. The lowest BCUT2D eigenvalue weighted by molar-refractivity contribution is -0.140. The molecular weight excluding hydrogens is 380 g/mol. The molecule has 3 amide bonds. The second kappa shape index (κ2) is 8.54. The average Bonchev–Trinajstić information content (AvgIpc) is 3.06. The molecule has 0 bridgehead atoms. The Morgan fingerprint density at radius 2 is 2.19 bits per heavy atom. The molecule has 1 aliphatic rings. The lowest BCUT2D eigenvalue weighted by atomic mass is 10.2. The van der Waals surface area contributed by atoms with E-state index in [4.69, 9.17) is 21.1 Å². The van der Waals surface area contributed by atoms with Crippen LogP contribution in [0.1, 0.15) is 36.6 Å². The fraction of sp³-hybridized carbons (Fsp3) is 0.643. The summed E-state index contributed by atoms with van der Waals surface area (Å²) < 4.78 is 4.98. The van der Waals surface area contributed by atoms with E-state index in [1.54, 1.807) is 0 Å². The predicted octanol–water partition coefficient (Wildman–Crippen LogP) is -1.52. The van der Waals surface area contributed by atoms with Crippen LogP contribution in [0.2, 0.25) is 0 Å². The Labute approximate surface area is 158 Å². The van der Waals surface area contributed by atoms with Gasteiger partial charge < -0.3 is 36.8 Å². The second-order valence-electron chi connectivity index (χ2n) is 6.23. The summed E-state index contributed by atoms with van der Waals surface area (Å²) in [7, 11) is 0. The molecular formula is C14H22N6O6S. The molecule has 0 aliphatic heterocycles. The molecule has 1 saturated carbocycles. The first-order valence-corrected chi connectivity index (χ1v) is 9.42. The number of primary amides is 1. The Morgan fingerprint density at radius 1 is 1.48 bits per heavy atom. The summed E-state index contributed by atoms with van der Waals surface area (Å²) >= 11 is 1.48. The molecule has 0 radical (unpaired) electrons. The van der Waals surface area contributed by atoms with Crippen molar-refractivity contribution in [3.05, 3.63) is 11.7 Å². The number of rotatable bonds is 10. The number of nitrogens with two attached hydrogens (primary N) is 2. The molecule has 1 aromatic heterocycles. The van der Waals surface area contributed by atoms with Gasteiger partial charge in [0.2, 0.25) is 11.8 Å². The van der Waals surface area contributed by atoms with Crippen LogP contribution in [0.15, 0.2) is 4.52 Å². The normalized spacial score (nSPS) is 23.3. The smallest absolute Gasteiger partial charge is 0.329 e. The molecule has 2 rings (SSSR count). The molecule has 1 heterocycles. The van der Waals surface area contributed by atoms with Gasteiger partial charge in [-0.25, -0.2) is 9.59 Å². The van der Waals surface area contributed by atoms with Crippen molar-refractivity contribution >= 4 is 29.7 Å². The quantitative estimate of drug-likeness (QED) is 0.266. The number of hydrogen-bond acceptors (Lipinski definition) is 9. The number of carboxylic acid groups (broad SMARTS) is 1. The zero-order chi connectivity index (χ0) is 20.2. The number of nitrogens with zero attached hydrogens (tertiary/aromatic N) is 2. The summed E-state index contributed by atoms with van der Waals surface area (Å²) in [5.41, 5.74) is 9.43. The van der Waals surface area contributed by atoms with Crippen LogP contribution < -0.4 is 22.1 Å². The Kier molecular flexibility index (Phi) is 6.62. The lowest BCUT2D eigenvalue weighted by Gasteiger charge is -2.18. The molecule has 4 atom stereocenters. The fourth-order valence-corrected chi connectivity index (χ4v) is 3.42. The maximum absolute atomic E-state index is 12.3. The Bertz CT molecular complexity index is 714. The highest BCUT2D eigenvalue weighted by atomic mass is 32.2. The van der Waals surface area contributed by atoms with Crippen molar-refractivity contribution < 1.29 is 29.1 Å². The zero-order valence-electron chi connectivity index (χ0n) is 14.5. The van der Waals surface area contributed by atoms with Crippen molar-refractivity contribution in [3.8, 4) is 0 Å². The van der Waals surface area contributed by atoms with Crippen molar-refractivity contribution in [1.82, 2.24) is 20.8 Å². The molecule has 8 N–H and O–H groups in total. The summed E-state index contributed by atoms with van der Waals surface area (Å²) in [6.07, 6.45) is 1.81. The fourth-order valence-electron chi connectivity index (χ4n) is 2.62. The number of thioether (sulfide) groups is 1. The topological polar surface area (TPSA) is 207 Å². The molecule has 13 heteroatoms. The van der Waals surface area contributed by atoms with Crippen LogP contribution in [0.3, 0.4) is 0 Å². The van der Waals surface area contributed by atoms with Gasteiger partial charge in [-0.2, -0.15) is 16.7 Å². The molecule has 2 unspecified atom stereocenters. The van der Waals surface area contributed by atoms with Crippen molar-refractivity contribution in [2.24, 2.45) is 17.4 Å². The molecule has 0 aromatic carbocycles. The first-order chi connectivity index (χ1) is 12.7. The van der Waals surface area contributed by atoms with Crippen molar-refractivity contribution in [2.75, 3.05) is 18.6 Å². The number of carboxylic acids is 1. The molecule has 1 aromatic rings. The van der Waals surface area contributed by atoms with E-state index in [1.807, 2.05) is 6.26 Å². The third kappa shape index (κ3) is 4.87. The van der Waals surface area contributed by atoms with Gasteiger partial charge in [-0.15, -0.1) is 0 Å². The second-order valence-corrected chi connectivity index (χ2v) is 7.14. The number of carbonyl (C=O) groups excluding carboxylic acids is 2. The summed E-state index contributed by atoms with van der Waals surface area (Å²) in [6.45, 7) is -0.425. The van der Waals surface area contributed by atoms with E-state index in [2.05, 4.69) is 20.8 Å². The maximum atomic E-state index is 12.3. The summed E-state index contributed by atoms with van der Waals surface area (Å²) in [6, 6.07) is -2.77. The zero-order valence-corrected chi connectivity index (χ0v) is 15.4. The minimum absolute atomic E-state index is 0.00610. The van der Waals surface area contributed by atoms with Gasteiger partial charge in [0, 0.05) is 5.92 Å². The number of aliphatic hydroxyl groups is 1.